The van der Waals surface area contributed by atoms with E-state index < -0.39 is 0 Å². The van der Waals surface area contributed by atoms with E-state index in [2.05, 4.69) is 25.0 Å². The van der Waals surface area contributed by atoms with E-state index in [4.69, 9.17) is 4.52 Å². The molecule has 0 atom stereocenters. The van der Waals surface area contributed by atoms with Crippen molar-refractivity contribution >= 4 is 34.2 Å². The number of carbonyl (C=O) groups excluding carboxylic acids is 1. The molecule has 4 aromatic rings. The van der Waals surface area contributed by atoms with Crippen LogP contribution in [0.1, 0.15) is 20.9 Å². The summed E-state index contributed by atoms with van der Waals surface area (Å²) < 4.78 is 5.42. The molecule has 152 valence electrons. The first kappa shape index (κ1) is 18.7. The van der Waals surface area contributed by atoms with Crippen LogP contribution in [-0.2, 0) is 0 Å². The molecule has 0 bridgehead atoms. The minimum absolute atomic E-state index is 0.0259. The van der Waals surface area contributed by atoms with Crippen LogP contribution in [0, 0.1) is 13.8 Å². The molecule has 1 aliphatic rings. The Kier molecular flexibility index (Phi) is 4.66. The van der Waals surface area contributed by atoms with Gasteiger partial charge in [0, 0.05) is 43.4 Å². The molecule has 0 N–H and O–H groups in total. The lowest BCUT2D eigenvalue weighted by atomic mass is 10.1. The number of anilines is 1. The molecule has 5 rings (SSSR count). The maximum absolute atomic E-state index is 13.5. The largest absolute Gasteiger partial charge is 0.352 e. The van der Waals surface area contributed by atoms with Gasteiger partial charge < -0.3 is 14.3 Å². The van der Waals surface area contributed by atoms with E-state index in [1.54, 1.807) is 29.9 Å². The van der Waals surface area contributed by atoms with Crippen molar-refractivity contribution < 1.29 is 9.32 Å². The van der Waals surface area contributed by atoms with E-state index in [0.717, 1.165) is 16.4 Å². The molecule has 1 amide bonds. The summed E-state index contributed by atoms with van der Waals surface area (Å²) in [6, 6.07) is 5.94. The van der Waals surface area contributed by atoms with Gasteiger partial charge in [-0.3, -0.25) is 9.78 Å². The van der Waals surface area contributed by atoms with Crippen LogP contribution in [0.15, 0.2) is 41.3 Å². The first-order valence-corrected chi connectivity index (χ1v) is 10.6. The molecule has 30 heavy (non-hydrogen) atoms. The molecule has 0 aromatic carbocycles. The first-order valence-electron chi connectivity index (χ1n) is 9.74. The van der Waals surface area contributed by atoms with Crippen LogP contribution >= 0.6 is 11.3 Å². The molecule has 8 nitrogen and oxygen atoms in total. The Morgan fingerprint density at radius 3 is 2.67 bits per heavy atom. The fourth-order valence-corrected chi connectivity index (χ4v) is 4.55. The van der Waals surface area contributed by atoms with Crippen molar-refractivity contribution in [3.05, 3.63) is 52.9 Å². The first-order chi connectivity index (χ1) is 14.6. The van der Waals surface area contributed by atoms with Crippen LogP contribution in [0.5, 0.6) is 0 Å². The summed E-state index contributed by atoms with van der Waals surface area (Å²) >= 11 is 1.64. The van der Waals surface area contributed by atoms with Gasteiger partial charge in [0.05, 0.1) is 33.4 Å². The lowest BCUT2D eigenvalue weighted by molar-refractivity contribution is 0.0748. The number of pyridine rings is 1. The second kappa shape index (κ2) is 7.49. The smallest absolute Gasteiger partial charge is 0.259 e. The number of rotatable bonds is 3. The van der Waals surface area contributed by atoms with E-state index >= 15 is 0 Å². The number of amides is 1. The summed E-state index contributed by atoms with van der Waals surface area (Å²) in [4.78, 5) is 32.8. The van der Waals surface area contributed by atoms with Gasteiger partial charge in [-0.05, 0) is 32.0 Å². The Balaban J connectivity index is 1.45. The Bertz CT molecular complexity index is 1210. The predicted molar refractivity (Wildman–Crippen MR) is 115 cm³/mol. The maximum atomic E-state index is 13.5. The minimum atomic E-state index is -0.0259. The molecule has 0 spiro atoms. The van der Waals surface area contributed by atoms with E-state index in [-0.39, 0.29) is 5.91 Å². The van der Waals surface area contributed by atoms with Crippen molar-refractivity contribution in [2.75, 3.05) is 31.1 Å². The second-order valence-corrected chi connectivity index (χ2v) is 8.54. The standard InChI is InChI=1S/C21H20N6O2S/c1-13-3-4-17(30-13)16-11-15(19-14(2)25-29-20(19)24-16)21(28)27-9-7-26(8-10-27)18-12-22-5-6-23-18/h3-6,11-12H,7-10H2,1-2H3. The summed E-state index contributed by atoms with van der Waals surface area (Å²) in [7, 11) is 0. The molecule has 1 aliphatic heterocycles. The van der Waals surface area contributed by atoms with Crippen LogP contribution in [0.3, 0.4) is 0 Å². The lowest BCUT2D eigenvalue weighted by Gasteiger charge is -2.35. The van der Waals surface area contributed by atoms with Gasteiger partial charge in [0.2, 0.25) is 0 Å². The van der Waals surface area contributed by atoms with Crippen LogP contribution in [0.2, 0.25) is 0 Å². The Hall–Kier alpha value is -3.33. The summed E-state index contributed by atoms with van der Waals surface area (Å²) in [5.74, 6) is 0.808. The highest BCUT2D eigenvalue weighted by molar-refractivity contribution is 7.15. The Morgan fingerprint density at radius 1 is 1.13 bits per heavy atom. The van der Waals surface area contributed by atoms with Gasteiger partial charge in [-0.15, -0.1) is 11.3 Å². The lowest BCUT2D eigenvalue weighted by Crippen LogP contribution is -2.49. The number of piperazine rings is 1. The molecule has 0 unspecified atom stereocenters. The summed E-state index contributed by atoms with van der Waals surface area (Å²) in [5, 5.41) is 4.74. The van der Waals surface area contributed by atoms with Crippen molar-refractivity contribution in [3.8, 4) is 10.6 Å². The third-order valence-electron chi connectivity index (χ3n) is 5.28. The van der Waals surface area contributed by atoms with Crippen molar-refractivity contribution in [2.24, 2.45) is 0 Å². The average Bonchev–Trinajstić information content (AvgIpc) is 3.39. The quantitative estimate of drug-likeness (QED) is 0.502. The molecule has 4 aromatic heterocycles. The molecule has 5 heterocycles. The number of nitrogens with zero attached hydrogens (tertiary/aromatic N) is 6. The van der Waals surface area contributed by atoms with Crippen molar-refractivity contribution in [1.82, 2.24) is 25.0 Å². The van der Waals surface area contributed by atoms with Crippen LogP contribution in [-0.4, -0.2) is 57.1 Å². The fraction of sp³-hybridized carbons (Fsp3) is 0.286. The molecule has 1 saturated heterocycles. The number of aromatic nitrogens is 4. The normalized spacial score (nSPS) is 14.5. The third kappa shape index (κ3) is 3.30. The monoisotopic (exact) mass is 420 g/mol. The number of thiophene rings is 1. The summed E-state index contributed by atoms with van der Waals surface area (Å²) in [6.07, 6.45) is 5.09. The van der Waals surface area contributed by atoms with Crippen LogP contribution in [0.4, 0.5) is 5.82 Å². The zero-order chi connectivity index (χ0) is 20.7. The average molecular weight is 420 g/mol. The van der Waals surface area contributed by atoms with Crippen molar-refractivity contribution in [3.63, 3.8) is 0 Å². The summed E-state index contributed by atoms with van der Waals surface area (Å²) in [5.41, 5.74) is 2.40. The molecular formula is C21H20N6O2S. The molecule has 1 fully saturated rings. The molecule has 0 saturated carbocycles. The van der Waals surface area contributed by atoms with E-state index in [1.165, 1.54) is 4.88 Å². The van der Waals surface area contributed by atoms with Gasteiger partial charge in [-0.25, -0.2) is 9.97 Å². The number of hydrogen-bond donors (Lipinski definition) is 0. The van der Waals surface area contributed by atoms with Gasteiger partial charge >= 0.3 is 0 Å². The zero-order valence-corrected chi connectivity index (χ0v) is 17.5. The predicted octanol–water partition coefficient (Wildman–Crippen LogP) is 3.32. The zero-order valence-electron chi connectivity index (χ0n) is 16.7. The number of hydrogen-bond acceptors (Lipinski definition) is 8. The highest BCUT2D eigenvalue weighted by atomic mass is 32.1. The SMILES string of the molecule is Cc1ccc(-c2cc(C(=O)N3CCN(c4cnccn4)CC3)c3c(C)noc3n2)s1. The minimum Gasteiger partial charge on any atom is -0.352 e. The van der Waals surface area contributed by atoms with E-state index in [1.807, 2.05) is 36.9 Å². The van der Waals surface area contributed by atoms with Gasteiger partial charge in [0.1, 0.15) is 5.82 Å². The summed E-state index contributed by atoms with van der Waals surface area (Å²) in [6.45, 7) is 6.52. The van der Waals surface area contributed by atoms with E-state index in [0.29, 0.717) is 48.5 Å². The second-order valence-electron chi connectivity index (χ2n) is 7.26. The molecule has 0 aliphatic carbocycles. The van der Waals surface area contributed by atoms with Crippen LogP contribution < -0.4 is 4.90 Å². The number of fused-ring (bicyclic) bond motifs is 1. The number of carbonyl (C=O) groups is 1. The van der Waals surface area contributed by atoms with Gasteiger partial charge in [-0.1, -0.05) is 5.16 Å². The third-order valence-corrected chi connectivity index (χ3v) is 6.30. The maximum Gasteiger partial charge on any atom is 0.259 e. The Labute approximate surface area is 177 Å². The number of aryl methyl sites for hydroxylation is 2. The molecule has 0 radical (unpaired) electrons. The highest BCUT2D eigenvalue weighted by Crippen LogP contribution is 2.31. The van der Waals surface area contributed by atoms with Gasteiger partial charge in [0.25, 0.3) is 11.6 Å². The Morgan fingerprint density at radius 2 is 1.97 bits per heavy atom. The molecule has 9 heteroatoms. The highest BCUT2D eigenvalue weighted by Gasteiger charge is 2.27. The van der Waals surface area contributed by atoms with Gasteiger partial charge in [-0.2, -0.15) is 0 Å². The topological polar surface area (TPSA) is 88.3 Å². The fourth-order valence-electron chi connectivity index (χ4n) is 3.73. The van der Waals surface area contributed by atoms with Gasteiger partial charge in [0.15, 0.2) is 0 Å². The van der Waals surface area contributed by atoms with E-state index in [9.17, 15) is 4.79 Å². The van der Waals surface area contributed by atoms with Crippen molar-refractivity contribution in [2.45, 2.75) is 13.8 Å². The van der Waals surface area contributed by atoms with Crippen LogP contribution in [0.25, 0.3) is 21.7 Å². The van der Waals surface area contributed by atoms with Crippen molar-refractivity contribution in [1.29, 1.82) is 0 Å². The molecular weight excluding hydrogens is 400 g/mol.